The standard InChI is InChI=1S/C21H19ClFN3O2/c1-12-17(22)6-5-15-20(12)25-18-7-8-26(10-16(18)21(15)28)11-19(27)24-14-4-2-3-13(23)9-14/h2-6,9,16H,7-8,10-11H2,1H3,(H,24,27). The van der Waals surface area contributed by atoms with Gasteiger partial charge in [0.2, 0.25) is 5.91 Å². The molecule has 0 aromatic heterocycles. The number of benzene rings is 2. The van der Waals surface area contributed by atoms with Gasteiger partial charge in [0.15, 0.2) is 5.78 Å². The predicted molar refractivity (Wildman–Crippen MR) is 107 cm³/mol. The molecular formula is C21H19ClFN3O2. The zero-order valence-corrected chi connectivity index (χ0v) is 16.1. The first-order valence-corrected chi connectivity index (χ1v) is 9.48. The first kappa shape index (κ1) is 18.8. The molecule has 5 nitrogen and oxygen atoms in total. The number of likely N-dealkylation sites (tertiary alicyclic amines) is 1. The number of hydrogen-bond donors (Lipinski definition) is 1. The van der Waals surface area contributed by atoms with Crippen LogP contribution in [0.2, 0.25) is 5.02 Å². The highest BCUT2D eigenvalue weighted by Crippen LogP contribution is 2.37. The van der Waals surface area contributed by atoms with Gasteiger partial charge in [0.25, 0.3) is 0 Å². The summed E-state index contributed by atoms with van der Waals surface area (Å²) in [5.41, 5.74) is 3.34. The van der Waals surface area contributed by atoms with Gasteiger partial charge in [-0.1, -0.05) is 17.7 Å². The molecule has 1 atom stereocenters. The second-order valence-electron chi connectivity index (χ2n) is 7.13. The molecule has 7 heteroatoms. The third kappa shape index (κ3) is 3.57. The number of Topliss-reactive ketones (excluding diaryl/α,β-unsaturated/α-hetero) is 1. The number of hydrogen-bond acceptors (Lipinski definition) is 4. The van der Waals surface area contributed by atoms with Gasteiger partial charge in [0, 0.05) is 35.1 Å². The molecule has 2 aliphatic heterocycles. The smallest absolute Gasteiger partial charge is 0.238 e. The van der Waals surface area contributed by atoms with E-state index >= 15 is 0 Å². The minimum Gasteiger partial charge on any atom is -0.325 e. The number of piperidine rings is 1. The number of aliphatic imine (C=N–C) groups is 1. The minimum absolute atomic E-state index is 0.0232. The maximum atomic E-state index is 13.3. The average Bonchev–Trinajstić information content (AvgIpc) is 2.66. The highest BCUT2D eigenvalue weighted by atomic mass is 35.5. The molecule has 0 saturated carbocycles. The van der Waals surface area contributed by atoms with Crippen molar-refractivity contribution in [3.8, 4) is 0 Å². The van der Waals surface area contributed by atoms with E-state index in [-0.39, 0.29) is 24.2 Å². The zero-order chi connectivity index (χ0) is 19.8. The molecule has 0 radical (unpaired) electrons. The molecule has 1 saturated heterocycles. The highest BCUT2D eigenvalue weighted by molar-refractivity contribution is 6.32. The second kappa shape index (κ2) is 7.45. The van der Waals surface area contributed by atoms with Crippen LogP contribution in [0.15, 0.2) is 41.4 Å². The lowest BCUT2D eigenvalue weighted by molar-refractivity contribution is -0.117. The predicted octanol–water partition coefficient (Wildman–Crippen LogP) is 4.02. The molecule has 0 bridgehead atoms. The molecule has 28 heavy (non-hydrogen) atoms. The maximum absolute atomic E-state index is 13.3. The highest BCUT2D eigenvalue weighted by Gasteiger charge is 2.36. The van der Waals surface area contributed by atoms with Gasteiger partial charge in [0.05, 0.1) is 18.2 Å². The number of fused-ring (bicyclic) bond motifs is 2. The van der Waals surface area contributed by atoms with E-state index in [4.69, 9.17) is 16.6 Å². The molecule has 2 aliphatic rings. The van der Waals surface area contributed by atoms with Gasteiger partial charge in [-0.05, 0) is 49.2 Å². The zero-order valence-electron chi connectivity index (χ0n) is 15.3. The van der Waals surface area contributed by atoms with Gasteiger partial charge in [-0.3, -0.25) is 19.5 Å². The molecule has 4 rings (SSSR count). The van der Waals surface area contributed by atoms with E-state index in [9.17, 15) is 14.0 Å². The third-order valence-corrected chi connectivity index (χ3v) is 5.61. The van der Waals surface area contributed by atoms with Crippen LogP contribution in [0.25, 0.3) is 0 Å². The number of nitrogens with zero attached hydrogens (tertiary/aromatic N) is 2. The van der Waals surface area contributed by atoms with Crippen molar-refractivity contribution in [2.24, 2.45) is 10.9 Å². The summed E-state index contributed by atoms with van der Waals surface area (Å²) >= 11 is 6.17. The van der Waals surface area contributed by atoms with E-state index in [0.29, 0.717) is 41.5 Å². The average molecular weight is 400 g/mol. The van der Waals surface area contributed by atoms with Crippen LogP contribution < -0.4 is 5.32 Å². The van der Waals surface area contributed by atoms with Gasteiger partial charge < -0.3 is 5.32 Å². The maximum Gasteiger partial charge on any atom is 0.238 e. The Morgan fingerprint density at radius 2 is 2.18 bits per heavy atom. The van der Waals surface area contributed by atoms with Gasteiger partial charge in [0.1, 0.15) is 5.82 Å². The Balaban J connectivity index is 1.46. The van der Waals surface area contributed by atoms with E-state index in [1.165, 1.54) is 12.1 Å². The number of carbonyl (C=O) groups excluding carboxylic acids is 2. The molecule has 0 spiro atoms. The monoisotopic (exact) mass is 399 g/mol. The number of anilines is 1. The largest absolute Gasteiger partial charge is 0.325 e. The molecule has 1 amide bonds. The lowest BCUT2D eigenvalue weighted by Crippen LogP contribution is -2.47. The number of halogens is 2. The van der Waals surface area contributed by atoms with Crippen molar-refractivity contribution in [1.82, 2.24) is 4.90 Å². The quantitative estimate of drug-likeness (QED) is 0.848. The summed E-state index contributed by atoms with van der Waals surface area (Å²) in [6.07, 6.45) is 0.620. The lowest BCUT2D eigenvalue weighted by Gasteiger charge is -2.35. The van der Waals surface area contributed by atoms with Crippen LogP contribution in [0.4, 0.5) is 15.8 Å². The van der Waals surface area contributed by atoms with Crippen molar-refractivity contribution in [1.29, 1.82) is 0 Å². The summed E-state index contributed by atoms with van der Waals surface area (Å²) in [5, 5.41) is 3.29. The molecule has 2 heterocycles. The Morgan fingerprint density at radius 1 is 1.36 bits per heavy atom. The first-order valence-electron chi connectivity index (χ1n) is 9.11. The molecule has 0 aliphatic carbocycles. The van der Waals surface area contributed by atoms with E-state index in [1.807, 2.05) is 11.8 Å². The Bertz CT molecular complexity index is 1010. The fraction of sp³-hybridized carbons (Fsp3) is 0.286. The normalized spacial score (nSPS) is 18.9. The third-order valence-electron chi connectivity index (χ3n) is 5.21. The topological polar surface area (TPSA) is 61.8 Å². The van der Waals surface area contributed by atoms with E-state index in [1.54, 1.807) is 24.3 Å². The molecule has 1 unspecified atom stereocenters. The summed E-state index contributed by atoms with van der Waals surface area (Å²) in [6, 6.07) is 9.22. The second-order valence-corrected chi connectivity index (χ2v) is 7.54. The summed E-state index contributed by atoms with van der Waals surface area (Å²) < 4.78 is 13.3. The van der Waals surface area contributed by atoms with Crippen molar-refractivity contribution < 1.29 is 14.0 Å². The Kier molecular flexibility index (Phi) is 5.00. The van der Waals surface area contributed by atoms with Crippen LogP contribution in [-0.4, -0.2) is 41.9 Å². The molecule has 2 aromatic carbocycles. The van der Waals surface area contributed by atoms with E-state index in [0.717, 1.165) is 11.3 Å². The van der Waals surface area contributed by atoms with Crippen LogP contribution in [-0.2, 0) is 4.79 Å². The van der Waals surface area contributed by atoms with Crippen molar-refractivity contribution in [3.63, 3.8) is 0 Å². The molecule has 1 N–H and O–H groups in total. The summed E-state index contributed by atoms with van der Waals surface area (Å²) in [7, 11) is 0. The van der Waals surface area contributed by atoms with Crippen molar-refractivity contribution in [2.75, 3.05) is 25.0 Å². The van der Waals surface area contributed by atoms with Gasteiger partial charge in [-0.25, -0.2) is 4.39 Å². The summed E-state index contributed by atoms with van der Waals surface area (Å²) in [6.45, 7) is 3.08. The molecule has 1 fully saturated rings. The fourth-order valence-corrected chi connectivity index (χ4v) is 3.89. The SMILES string of the molecule is Cc1c(Cl)ccc2c1N=C1CCN(CC(=O)Nc3cccc(F)c3)CC1C2=O. The van der Waals surface area contributed by atoms with Crippen LogP contribution >= 0.6 is 11.6 Å². The Morgan fingerprint density at radius 3 is 2.96 bits per heavy atom. The minimum atomic E-state index is -0.404. The number of amides is 1. The van der Waals surface area contributed by atoms with Crippen LogP contribution in [0.3, 0.4) is 0 Å². The molecule has 2 aromatic rings. The van der Waals surface area contributed by atoms with Gasteiger partial charge in [-0.2, -0.15) is 0 Å². The van der Waals surface area contributed by atoms with Crippen LogP contribution in [0, 0.1) is 18.7 Å². The Labute approximate surface area is 167 Å². The molecule has 144 valence electrons. The number of ketones is 1. The van der Waals surface area contributed by atoms with Gasteiger partial charge in [-0.15, -0.1) is 0 Å². The number of rotatable bonds is 3. The van der Waals surface area contributed by atoms with Crippen LogP contribution in [0.5, 0.6) is 0 Å². The number of carbonyl (C=O) groups is 2. The fourth-order valence-electron chi connectivity index (χ4n) is 3.73. The molecular weight excluding hydrogens is 381 g/mol. The van der Waals surface area contributed by atoms with Crippen molar-refractivity contribution >= 4 is 40.4 Å². The Hall–Kier alpha value is -2.57. The van der Waals surface area contributed by atoms with Crippen molar-refractivity contribution in [3.05, 3.63) is 58.4 Å². The van der Waals surface area contributed by atoms with Crippen molar-refractivity contribution in [2.45, 2.75) is 13.3 Å². The number of nitrogens with one attached hydrogen (secondary N) is 1. The van der Waals surface area contributed by atoms with Gasteiger partial charge >= 0.3 is 0 Å². The lowest BCUT2D eigenvalue weighted by atomic mass is 9.84. The van der Waals surface area contributed by atoms with Crippen LogP contribution in [0.1, 0.15) is 22.3 Å². The first-order chi connectivity index (χ1) is 13.4. The summed E-state index contributed by atoms with van der Waals surface area (Å²) in [4.78, 5) is 31.9. The van der Waals surface area contributed by atoms with E-state index in [2.05, 4.69) is 5.32 Å². The summed E-state index contributed by atoms with van der Waals surface area (Å²) in [5.74, 6) is -0.963. The van der Waals surface area contributed by atoms with E-state index < -0.39 is 5.82 Å².